The van der Waals surface area contributed by atoms with Gasteiger partial charge in [0.05, 0.1) is 16.5 Å². The van der Waals surface area contributed by atoms with Crippen LogP contribution in [0, 0.1) is 17.0 Å². The number of alkyl halides is 3. The van der Waals surface area contributed by atoms with E-state index < -0.39 is 51.5 Å². The molecule has 33 heavy (non-hydrogen) atoms. The molecule has 14 heteroatoms. The van der Waals surface area contributed by atoms with Crippen LogP contribution in [0.25, 0.3) is 10.4 Å². The monoisotopic (exact) mass is 485 g/mol. The Morgan fingerprint density at radius 3 is 2.52 bits per heavy atom. The van der Waals surface area contributed by atoms with Crippen LogP contribution in [-0.4, -0.2) is 36.9 Å². The molecule has 1 aliphatic rings. The highest BCUT2D eigenvalue weighted by Crippen LogP contribution is 2.42. The van der Waals surface area contributed by atoms with Gasteiger partial charge in [-0.15, -0.1) is 10.1 Å². The molecule has 1 heterocycles. The molecule has 2 aromatic rings. The first-order valence-corrected chi connectivity index (χ1v) is 11.0. The van der Waals surface area contributed by atoms with E-state index in [9.17, 15) is 31.7 Å². The topological polar surface area (TPSA) is 139 Å². The van der Waals surface area contributed by atoms with Crippen LogP contribution in [0.15, 0.2) is 58.5 Å². The summed E-state index contributed by atoms with van der Waals surface area (Å²) in [4.78, 5) is 18.7. The van der Waals surface area contributed by atoms with Gasteiger partial charge in [-0.05, 0) is 48.7 Å². The minimum atomic E-state index is -4.74. The maximum Gasteiger partial charge on any atom is 0.416 e. The van der Waals surface area contributed by atoms with Crippen LogP contribution < -0.4 is 0 Å². The molecule has 2 atom stereocenters. The number of nitrogens with zero attached hydrogens (tertiary/aromatic N) is 5. The summed E-state index contributed by atoms with van der Waals surface area (Å²) in [6, 6.07) is 8.11. The highest BCUT2D eigenvalue weighted by Gasteiger charge is 2.50. The summed E-state index contributed by atoms with van der Waals surface area (Å²) in [7, 11) is -4.08. The minimum absolute atomic E-state index is 0.0467. The average Bonchev–Trinajstić information content (AvgIpc) is 2.74. The molecule has 0 spiro atoms. The lowest BCUT2D eigenvalue weighted by Crippen LogP contribution is -2.56. The molecule has 176 valence electrons. The second-order valence-electron chi connectivity index (χ2n) is 7.43. The maximum atomic E-state index is 13.3. The Bertz CT molecular complexity index is 1200. The molecule has 2 aromatic carbocycles. The molecule has 1 fully saturated rings. The first kappa shape index (κ1) is 24.3. The third-order valence-electron chi connectivity index (χ3n) is 5.41. The molecule has 0 amide bonds. The SMILES string of the molecule is Cc1ccc(S(=O)(=O)N2CC[C@@](O[N+](=O)[O-])(c3cccc(C(F)(F)F)c3)[C@@H](N=[N+]=[N-])C2)cc1. The van der Waals surface area contributed by atoms with Gasteiger partial charge in [0.1, 0.15) is 0 Å². The van der Waals surface area contributed by atoms with Crippen molar-refractivity contribution in [3.05, 3.63) is 85.8 Å². The lowest BCUT2D eigenvalue weighted by molar-refractivity contribution is -0.786. The number of azide groups is 1. The zero-order valence-electron chi connectivity index (χ0n) is 17.1. The fourth-order valence-electron chi connectivity index (χ4n) is 3.75. The first-order chi connectivity index (χ1) is 15.4. The number of hydrogen-bond donors (Lipinski definition) is 0. The van der Waals surface area contributed by atoms with E-state index >= 15 is 0 Å². The van der Waals surface area contributed by atoms with Crippen molar-refractivity contribution in [2.75, 3.05) is 13.1 Å². The number of piperidine rings is 1. The summed E-state index contributed by atoms with van der Waals surface area (Å²) in [5.74, 6) is 0. The van der Waals surface area contributed by atoms with E-state index in [2.05, 4.69) is 10.0 Å². The van der Waals surface area contributed by atoms with Crippen LogP contribution in [-0.2, 0) is 26.6 Å². The average molecular weight is 485 g/mol. The van der Waals surface area contributed by atoms with E-state index in [4.69, 9.17) is 10.4 Å². The van der Waals surface area contributed by atoms with Gasteiger partial charge in [0.15, 0.2) is 5.60 Å². The van der Waals surface area contributed by atoms with E-state index in [1.165, 1.54) is 18.2 Å². The van der Waals surface area contributed by atoms with Crippen molar-refractivity contribution in [2.45, 2.75) is 36.1 Å². The molecule has 0 saturated carbocycles. The Kier molecular flexibility index (Phi) is 6.54. The van der Waals surface area contributed by atoms with Crippen molar-refractivity contribution in [1.29, 1.82) is 0 Å². The second-order valence-corrected chi connectivity index (χ2v) is 9.37. The molecule has 10 nitrogen and oxygen atoms in total. The Balaban J connectivity index is 2.07. The predicted octanol–water partition coefficient (Wildman–Crippen LogP) is 4.19. The van der Waals surface area contributed by atoms with E-state index in [0.717, 1.165) is 22.0 Å². The molecule has 0 aromatic heterocycles. The van der Waals surface area contributed by atoms with Crippen molar-refractivity contribution in [3.63, 3.8) is 0 Å². The molecular formula is C19H18F3N5O5S. The minimum Gasteiger partial charge on any atom is -0.302 e. The van der Waals surface area contributed by atoms with E-state index in [1.807, 2.05) is 0 Å². The van der Waals surface area contributed by atoms with Gasteiger partial charge in [-0.3, -0.25) is 0 Å². The summed E-state index contributed by atoms with van der Waals surface area (Å²) in [6.45, 7) is 0.912. The third kappa shape index (κ3) is 4.87. The fraction of sp³-hybridized carbons (Fsp3) is 0.368. The zero-order valence-corrected chi connectivity index (χ0v) is 18.0. The van der Waals surface area contributed by atoms with Gasteiger partial charge in [0, 0.05) is 18.0 Å². The summed E-state index contributed by atoms with van der Waals surface area (Å²) in [5, 5.41) is 13.6. The van der Waals surface area contributed by atoms with Gasteiger partial charge < -0.3 is 4.84 Å². The maximum absolute atomic E-state index is 13.3. The Hall–Kier alpha value is -3.35. The molecule has 0 bridgehead atoms. The zero-order chi connectivity index (χ0) is 24.4. The van der Waals surface area contributed by atoms with Crippen molar-refractivity contribution in [2.24, 2.45) is 5.11 Å². The summed E-state index contributed by atoms with van der Waals surface area (Å²) in [6.07, 6.45) is -5.17. The molecule has 0 radical (unpaired) electrons. The first-order valence-electron chi connectivity index (χ1n) is 9.52. The van der Waals surface area contributed by atoms with Gasteiger partial charge in [0.2, 0.25) is 10.0 Å². The van der Waals surface area contributed by atoms with Gasteiger partial charge in [-0.1, -0.05) is 34.9 Å². The van der Waals surface area contributed by atoms with E-state index in [0.29, 0.717) is 6.07 Å². The van der Waals surface area contributed by atoms with Crippen LogP contribution >= 0.6 is 0 Å². The van der Waals surface area contributed by atoms with Crippen molar-refractivity contribution < 1.29 is 31.5 Å². The number of sulfonamides is 1. The van der Waals surface area contributed by atoms with Crippen molar-refractivity contribution in [3.8, 4) is 0 Å². The quantitative estimate of drug-likeness (QED) is 0.198. The highest BCUT2D eigenvalue weighted by molar-refractivity contribution is 7.89. The smallest absolute Gasteiger partial charge is 0.302 e. The Morgan fingerprint density at radius 2 is 1.94 bits per heavy atom. The molecule has 3 rings (SSSR count). The highest BCUT2D eigenvalue weighted by atomic mass is 32.2. The second kappa shape index (κ2) is 8.89. The Labute approximate surface area is 186 Å². The number of rotatable bonds is 6. The molecule has 1 saturated heterocycles. The fourth-order valence-corrected chi connectivity index (χ4v) is 5.19. The summed E-state index contributed by atoms with van der Waals surface area (Å²) < 4.78 is 66.9. The molecular weight excluding hydrogens is 467 g/mol. The largest absolute Gasteiger partial charge is 0.416 e. The predicted molar refractivity (Wildman–Crippen MR) is 109 cm³/mol. The number of benzene rings is 2. The van der Waals surface area contributed by atoms with Crippen LogP contribution in [0.4, 0.5) is 13.2 Å². The van der Waals surface area contributed by atoms with Crippen LogP contribution in [0.1, 0.15) is 23.1 Å². The standard InChI is InChI=1S/C19H18F3N5O5S/c1-13-5-7-16(8-6-13)33(30,31)26-10-9-18(32-27(28)29,17(12-26)24-25-23)14-3-2-4-15(11-14)19(20,21)22/h2-8,11,17H,9-10,12H2,1H3/t17-,18+/m0/s1. The third-order valence-corrected chi connectivity index (χ3v) is 7.29. The number of aryl methyl sites for hydroxylation is 1. The number of hydrogen-bond acceptors (Lipinski definition) is 6. The van der Waals surface area contributed by atoms with Crippen molar-refractivity contribution in [1.82, 2.24) is 4.31 Å². The van der Waals surface area contributed by atoms with Gasteiger partial charge in [0.25, 0.3) is 5.09 Å². The Morgan fingerprint density at radius 1 is 1.27 bits per heavy atom. The lowest BCUT2D eigenvalue weighted by Gasteiger charge is -2.44. The van der Waals surface area contributed by atoms with E-state index in [-0.39, 0.29) is 17.0 Å². The summed E-state index contributed by atoms with van der Waals surface area (Å²) in [5.41, 5.74) is 6.41. The van der Waals surface area contributed by atoms with Gasteiger partial charge >= 0.3 is 6.18 Å². The van der Waals surface area contributed by atoms with Gasteiger partial charge in [-0.2, -0.15) is 17.5 Å². The van der Waals surface area contributed by atoms with Crippen LogP contribution in [0.5, 0.6) is 0 Å². The molecule has 0 N–H and O–H groups in total. The van der Waals surface area contributed by atoms with E-state index in [1.54, 1.807) is 19.1 Å². The number of halogens is 3. The lowest BCUT2D eigenvalue weighted by atomic mass is 9.80. The van der Waals surface area contributed by atoms with Crippen LogP contribution in [0.2, 0.25) is 0 Å². The normalized spacial score (nSPS) is 21.8. The molecule has 0 aliphatic carbocycles. The van der Waals surface area contributed by atoms with Gasteiger partial charge in [-0.25, -0.2) is 8.42 Å². The summed E-state index contributed by atoms with van der Waals surface area (Å²) >= 11 is 0. The molecule has 0 unspecified atom stereocenters. The van der Waals surface area contributed by atoms with Crippen molar-refractivity contribution >= 4 is 10.0 Å². The molecule has 1 aliphatic heterocycles. The van der Waals surface area contributed by atoms with Crippen LogP contribution in [0.3, 0.4) is 0 Å².